The number of aliphatic hydroxyl groups is 1. The fraction of sp³-hybridized carbons (Fsp3) is 0.188. The number of pyridine rings is 2. The van der Waals surface area contributed by atoms with Crippen molar-refractivity contribution in [2.75, 3.05) is 5.32 Å². The summed E-state index contributed by atoms with van der Waals surface area (Å²) in [6, 6.07) is 5.15. The van der Waals surface area contributed by atoms with Crippen LogP contribution in [0, 0.1) is 0 Å². The fourth-order valence-electron chi connectivity index (χ4n) is 2.41. The number of carbonyl (C=O) groups excluding carboxylic acids is 1. The second-order valence-corrected chi connectivity index (χ2v) is 5.42. The van der Waals surface area contributed by atoms with E-state index in [1.54, 1.807) is 35.0 Å². The van der Waals surface area contributed by atoms with Crippen molar-refractivity contribution in [1.29, 1.82) is 0 Å². The Labute approximate surface area is 137 Å². The van der Waals surface area contributed by atoms with Gasteiger partial charge in [0.1, 0.15) is 11.3 Å². The van der Waals surface area contributed by atoms with Gasteiger partial charge in [-0.05, 0) is 24.6 Å². The van der Waals surface area contributed by atoms with E-state index in [4.69, 9.17) is 11.6 Å². The Morgan fingerprint density at radius 2 is 2.22 bits per heavy atom. The van der Waals surface area contributed by atoms with E-state index in [1.807, 2.05) is 6.92 Å². The molecule has 0 radical (unpaired) electrons. The van der Waals surface area contributed by atoms with Crippen LogP contribution in [0.2, 0.25) is 5.02 Å². The van der Waals surface area contributed by atoms with Crippen molar-refractivity contribution in [3.8, 4) is 0 Å². The van der Waals surface area contributed by atoms with Crippen molar-refractivity contribution in [2.45, 2.75) is 20.0 Å². The second kappa shape index (κ2) is 6.36. The van der Waals surface area contributed by atoms with Crippen LogP contribution < -0.4 is 5.32 Å². The van der Waals surface area contributed by atoms with Crippen molar-refractivity contribution >= 4 is 28.8 Å². The number of rotatable bonds is 4. The van der Waals surface area contributed by atoms with Crippen molar-refractivity contribution in [3.63, 3.8) is 0 Å². The average molecular weight is 331 g/mol. The number of hydrogen-bond donors (Lipinski definition) is 2. The van der Waals surface area contributed by atoms with Gasteiger partial charge in [0, 0.05) is 18.0 Å². The lowest BCUT2D eigenvalue weighted by atomic mass is 10.2. The summed E-state index contributed by atoms with van der Waals surface area (Å²) in [6.45, 7) is 1.75. The quantitative estimate of drug-likeness (QED) is 0.770. The third-order valence-electron chi connectivity index (χ3n) is 3.53. The van der Waals surface area contributed by atoms with E-state index in [0.717, 1.165) is 0 Å². The molecule has 3 heterocycles. The summed E-state index contributed by atoms with van der Waals surface area (Å²) >= 11 is 6.03. The minimum absolute atomic E-state index is 0.183. The monoisotopic (exact) mass is 330 g/mol. The van der Waals surface area contributed by atoms with Gasteiger partial charge in [0.2, 0.25) is 0 Å². The molecule has 0 saturated heterocycles. The zero-order valence-electron chi connectivity index (χ0n) is 12.5. The number of carbonyl (C=O) groups is 1. The summed E-state index contributed by atoms with van der Waals surface area (Å²) < 4.78 is 1.67. The third-order valence-corrected chi connectivity index (χ3v) is 3.76. The minimum Gasteiger partial charge on any atom is -0.392 e. The summed E-state index contributed by atoms with van der Waals surface area (Å²) in [5.74, 6) is -0.320. The van der Waals surface area contributed by atoms with Crippen LogP contribution in [0.3, 0.4) is 0 Å². The lowest BCUT2D eigenvalue weighted by Gasteiger charge is -2.09. The van der Waals surface area contributed by atoms with Crippen LogP contribution in [0.5, 0.6) is 0 Å². The smallest absolute Gasteiger partial charge is 0.274 e. The first-order valence-corrected chi connectivity index (χ1v) is 7.53. The van der Waals surface area contributed by atoms with Crippen LogP contribution in [-0.4, -0.2) is 25.4 Å². The van der Waals surface area contributed by atoms with Gasteiger partial charge in [-0.25, -0.2) is 4.98 Å². The van der Waals surface area contributed by atoms with Gasteiger partial charge in [0.15, 0.2) is 0 Å². The molecule has 0 bridgehead atoms. The van der Waals surface area contributed by atoms with E-state index in [1.165, 1.54) is 6.20 Å². The number of halogens is 1. The lowest BCUT2D eigenvalue weighted by Crippen LogP contribution is -2.17. The molecule has 0 saturated carbocycles. The molecule has 3 aromatic heterocycles. The number of aromatic nitrogens is 3. The molecule has 0 aliphatic rings. The Morgan fingerprint density at radius 1 is 1.39 bits per heavy atom. The van der Waals surface area contributed by atoms with Gasteiger partial charge in [-0.15, -0.1) is 0 Å². The fourth-order valence-corrected chi connectivity index (χ4v) is 2.57. The predicted octanol–water partition coefficient (Wildman–Crippen LogP) is 2.69. The maximum absolute atomic E-state index is 12.7. The first-order chi connectivity index (χ1) is 11.1. The summed E-state index contributed by atoms with van der Waals surface area (Å²) in [4.78, 5) is 21.2. The number of hydrogen-bond acceptors (Lipinski definition) is 4. The number of aliphatic hydroxyl groups excluding tert-OH is 1. The van der Waals surface area contributed by atoms with Gasteiger partial charge in [0.25, 0.3) is 5.91 Å². The van der Waals surface area contributed by atoms with E-state index < -0.39 is 0 Å². The number of aryl methyl sites for hydroxylation is 1. The molecule has 0 fully saturated rings. The van der Waals surface area contributed by atoms with E-state index in [-0.39, 0.29) is 12.5 Å². The Morgan fingerprint density at radius 3 is 2.96 bits per heavy atom. The van der Waals surface area contributed by atoms with Crippen LogP contribution in [0.25, 0.3) is 5.65 Å². The van der Waals surface area contributed by atoms with E-state index >= 15 is 0 Å². The van der Waals surface area contributed by atoms with Gasteiger partial charge >= 0.3 is 0 Å². The molecule has 118 valence electrons. The van der Waals surface area contributed by atoms with E-state index in [9.17, 15) is 9.90 Å². The highest BCUT2D eigenvalue weighted by Crippen LogP contribution is 2.20. The van der Waals surface area contributed by atoms with Gasteiger partial charge in [-0.3, -0.25) is 14.2 Å². The number of anilines is 1. The molecule has 3 aromatic rings. The summed E-state index contributed by atoms with van der Waals surface area (Å²) in [7, 11) is 0. The molecule has 2 N–H and O–H groups in total. The van der Waals surface area contributed by atoms with Gasteiger partial charge in [-0.2, -0.15) is 0 Å². The summed E-state index contributed by atoms with van der Waals surface area (Å²) in [5.41, 5.74) is 2.83. The average Bonchev–Trinajstić information content (AvgIpc) is 2.93. The molecular formula is C16H15ClN4O2. The van der Waals surface area contributed by atoms with Crippen LogP contribution in [-0.2, 0) is 13.0 Å². The lowest BCUT2D eigenvalue weighted by molar-refractivity contribution is 0.102. The molecule has 0 aliphatic carbocycles. The van der Waals surface area contributed by atoms with Crippen molar-refractivity contribution in [3.05, 3.63) is 58.8 Å². The highest BCUT2D eigenvalue weighted by Gasteiger charge is 2.19. The van der Waals surface area contributed by atoms with Crippen molar-refractivity contribution < 1.29 is 9.90 Å². The maximum Gasteiger partial charge on any atom is 0.274 e. The zero-order chi connectivity index (χ0) is 16.4. The van der Waals surface area contributed by atoms with E-state index in [2.05, 4.69) is 15.3 Å². The Bertz CT molecular complexity index is 876. The van der Waals surface area contributed by atoms with Crippen LogP contribution in [0.15, 0.2) is 36.8 Å². The molecule has 0 atom stereocenters. The van der Waals surface area contributed by atoms with Crippen molar-refractivity contribution in [2.24, 2.45) is 0 Å². The Kier molecular flexibility index (Phi) is 4.27. The molecule has 3 rings (SSSR count). The summed E-state index contributed by atoms with van der Waals surface area (Å²) in [6.07, 6.45) is 5.34. The molecule has 0 spiro atoms. The van der Waals surface area contributed by atoms with Crippen molar-refractivity contribution in [1.82, 2.24) is 14.4 Å². The predicted molar refractivity (Wildman–Crippen MR) is 87.7 cm³/mol. The normalized spacial score (nSPS) is 10.9. The number of fused-ring (bicyclic) bond motifs is 1. The number of nitrogens with zero attached hydrogens (tertiary/aromatic N) is 3. The molecule has 0 aliphatic heterocycles. The third kappa shape index (κ3) is 2.91. The first kappa shape index (κ1) is 15.5. The van der Waals surface area contributed by atoms with E-state index in [0.29, 0.717) is 39.7 Å². The zero-order valence-corrected chi connectivity index (χ0v) is 13.2. The molecule has 0 aromatic carbocycles. The Hall–Kier alpha value is -2.44. The minimum atomic E-state index is -0.320. The standard InChI is InChI=1S/C16H15ClN4O2/c1-2-12-15(21-8-11(17)3-4-14(21)19-12)16(23)20-13-7-18-6-5-10(13)9-22/h3-8,22H,2,9H2,1H3,(H,20,23). The molecule has 6 nitrogen and oxygen atoms in total. The molecule has 23 heavy (non-hydrogen) atoms. The summed E-state index contributed by atoms with van der Waals surface area (Å²) in [5, 5.41) is 12.7. The van der Waals surface area contributed by atoms with Gasteiger partial charge < -0.3 is 10.4 Å². The highest BCUT2D eigenvalue weighted by molar-refractivity contribution is 6.30. The molecule has 7 heteroatoms. The number of nitrogens with one attached hydrogen (secondary N) is 1. The molecular weight excluding hydrogens is 316 g/mol. The molecule has 0 unspecified atom stereocenters. The Balaban J connectivity index is 2.05. The second-order valence-electron chi connectivity index (χ2n) is 4.98. The highest BCUT2D eigenvalue weighted by atomic mass is 35.5. The number of amides is 1. The SMILES string of the molecule is CCc1nc2ccc(Cl)cn2c1C(=O)Nc1cnccc1CO. The topological polar surface area (TPSA) is 79.5 Å². The van der Waals surface area contributed by atoms with Crippen LogP contribution in [0.4, 0.5) is 5.69 Å². The first-order valence-electron chi connectivity index (χ1n) is 7.15. The maximum atomic E-state index is 12.7. The van der Waals surface area contributed by atoms with Gasteiger partial charge in [0.05, 0.1) is 29.2 Å². The largest absolute Gasteiger partial charge is 0.392 e. The molecule has 1 amide bonds. The van der Waals surface area contributed by atoms with Crippen LogP contribution >= 0.6 is 11.6 Å². The van der Waals surface area contributed by atoms with Gasteiger partial charge in [-0.1, -0.05) is 18.5 Å². The number of imidazole rings is 1. The van der Waals surface area contributed by atoms with Crippen LogP contribution in [0.1, 0.15) is 28.7 Å².